The van der Waals surface area contributed by atoms with E-state index in [0.717, 1.165) is 17.7 Å². The van der Waals surface area contributed by atoms with Crippen molar-refractivity contribution in [3.63, 3.8) is 0 Å². The molecule has 0 radical (unpaired) electrons. The molecule has 1 aromatic heterocycles. The maximum absolute atomic E-state index is 13.6. The Morgan fingerprint density at radius 1 is 1.15 bits per heavy atom. The smallest absolute Gasteiger partial charge is 0.310 e. The lowest BCUT2D eigenvalue weighted by molar-refractivity contribution is -0.149. The van der Waals surface area contributed by atoms with Crippen molar-refractivity contribution in [1.82, 2.24) is 14.7 Å². The maximum Gasteiger partial charge on any atom is 0.310 e. The highest BCUT2D eigenvalue weighted by atomic mass is 35.5. The van der Waals surface area contributed by atoms with Gasteiger partial charge in [0.25, 0.3) is 5.91 Å². The summed E-state index contributed by atoms with van der Waals surface area (Å²) in [7, 11) is 1.61. The normalized spacial score (nSPS) is 15.8. The minimum absolute atomic E-state index is 0.180. The van der Waals surface area contributed by atoms with Crippen LogP contribution in [0.5, 0.6) is 5.75 Å². The van der Waals surface area contributed by atoms with Crippen molar-refractivity contribution in [3.8, 4) is 22.7 Å². The van der Waals surface area contributed by atoms with Crippen molar-refractivity contribution in [2.75, 3.05) is 26.8 Å². The zero-order valence-electron chi connectivity index (χ0n) is 18.7. The molecule has 0 bridgehead atoms. The summed E-state index contributed by atoms with van der Waals surface area (Å²) in [5.74, 6) is -0.0407. The number of benzene rings is 2. The molecule has 4 rings (SSSR count). The van der Waals surface area contributed by atoms with Crippen LogP contribution >= 0.6 is 11.6 Å². The van der Waals surface area contributed by atoms with Crippen molar-refractivity contribution in [2.24, 2.45) is 5.92 Å². The van der Waals surface area contributed by atoms with Crippen molar-refractivity contribution in [3.05, 3.63) is 65.3 Å². The number of aromatic nitrogens is 2. The van der Waals surface area contributed by atoms with Crippen LogP contribution in [-0.2, 0) is 9.53 Å². The Morgan fingerprint density at radius 3 is 2.67 bits per heavy atom. The highest BCUT2D eigenvalue weighted by Crippen LogP contribution is 2.27. The summed E-state index contributed by atoms with van der Waals surface area (Å²) < 4.78 is 12.2. The van der Waals surface area contributed by atoms with Gasteiger partial charge < -0.3 is 14.4 Å². The summed E-state index contributed by atoms with van der Waals surface area (Å²) in [6.07, 6.45) is 1.46. The first kappa shape index (κ1) is 22.9. The fourth-order valence-electron chi connectivity index (χ4n) is 4.01. The first-order valence-corrected chi connectivity index (χ1v) is 11.3. The van der Waals surface area contributed by atoms with Gasteiger partial charge in [-0.25, -0.2) is 4.68 Å². The van der Waals surface area contributed by atoms with Gasteiger partial charge in [0.2, 0.25) is 0 Å². The van der Waals surface area contributed by atoms with Crippen molar-refractivity contribution in [1.29, 1.82) is 0 Å². The lowest BCUT2D eigenvalue weighted by Crippen LogP contribution is -2.43. The molecule has 1 unspecified atom stereocenters. The number of piperidine rings is 1. The third-order valence-corrected chi connectivity index (χ3v) is 5.95. The van der Waals surface area contributed by atoms with Gasteiger partial charge in [0.05, 0.1) is 31.0 Å². The molecule has 8 heteroatoms. The SMILES string of the molecule is CCOC(=O)C1CCCN(C(=O)c2cc(-c3cccc(OC)c3)nn2-c2ccc(Cl)cc2)C1. The van der Waals surface area contributed by atoms with E-state index in [1.54, 1.807) is 41.8 Å². The average molecular weight is 468 g/mol. The van der Waals surface area contributed by atoms with E-state index in [1.807, 2.05) is 36.4 Å². The van der Waals surface area contributed by atoms with E-state index >= 15 is 0 Å². The summed E-state index contributed by atoms with van der Waals surface area (Å²) in [5, 5.41) is 5.33. The Morgan fingerprint density at radius 2 is 1.94 bits per heavy atom. The topological polar surface area (TPSA) is 73.7 Å². The van der Waals surface area contributed by atoms with Gasteiger partial charge in [0, 0.05) is 23.7 Å². The molecular formula is C25H26ClN3O4. The highest BCUT2D eigenvalue weighted by Gasteiger charge is 2.31. The van der Waals surface area contributed by atoms with Crippen LogP contribution in [-0.4, -0.2) is 53.4 Å². The van der Waals surface area contributed by atoms with Crippen molar-refractivity contribution >= 4 is 23.5 Å². The summed E-state index contributed by atoms with van der Waals surface area (Å²) in [6.45, 7) is 3.03. The Bertz CT molecular complexity index is 1140. The van der Waals surface area contributed by atoms with Crippen LogP contribution in [0, 0.1) is 5.92 Å². The van der Waals surface area contributed by atoms with E-state index in [-0.39, 0.29) is 17.8 Å². The third kappa shape index (κ3) is 5.03. The summed E-state index contributed by atoms with van der Waals surface area (Å²) >= 11 is 6.07. The lowest BCUT2D eigenvalue weighted by Gasteiger charge is -2.31. The molecule has 33 heavy (non-hydrogen) atoms. The maximum atomic E-state index is 13.6. The van der Waals surface area contributed by atoms with Crippen LogP contribution < -0.4 is 4.74 Å². The molecule has 0 N–H and O–H groups in total. The van der Waals surface area contributed by atoms with Crippen LogP contribution in [0.3, 0.4) is 0 Å². The van der Waals surface area contributed by atoms with Crippen LogP contribution in [0.15, 0.2) is 54.6 Å². The Balaban J connectivity index is 1.71. The second-order valence-electron chi connectivity index (χ2n) is 7.88. The molecule has 1 aliphatic heterocycles. The molecule has 0 aliphatic carbocycles. The lowest BCUT2D eigenvalue weighted by atomic mass is 9.98. The zero-order chi connectivity index (χ0) is 23.4. The van der Waals surface area contributed by atoms with Gasteiger partial charge in [-0.05, 0) is 62.2 Å². The predicted molar refractivity (Wildman–Crippen MR) is 126 cm³/mol. The van der Waals surface area contributed by atoms with Gasteiger partial charge >= 0.3 is 5.97 Å². The molecular weight excluding hydrogens is 442 g/mol. The van der Waals surface area contributed by atoms with Gasteiger partial charge in [-0.3, -0.25) is 9.59 Å². The van der Waals surface area contributed by atoms with Crippen LogP contribution in [0.4, 0.5) is 0 Å². The molecule has 1 saturated heterocycles. The van der Waals surface area contributed by atoms with Crippen molar-refractivity contribution in [2.45, 2.75) is 19.8 Å². The van der Waals surface area contributed by atoms with E-state index in [2.05, 4.69) is 0 Å². The van der Waals surface area contributed by atoms with Crippen LogP contribution in [0.1, 0.15) is 30.3 Å². The fourth-order valence-corrected chi connectivity index (χ4v) is 4.14. The Hall–Kier alpha value is -3.32. The number of carbonyl (C=O) groups is 2. The third-order valence-electron chi connectivity index (χ3n) is 5.69. The first-order chi connectivity index (χ1) is 16.0. The average Bonchev–Trinajstić information content (AvgIpc) is 3.30. The number of hydrogen-bond donors (Lipinski definition) is 0. The molecule has 2 heterocycles. The summed E-state index contributed by atoms with van der Waals surface area (Å²) in [4.78, 5) is 27.6. The van der Waals surface area contributed by atoms with E-state index in [4.69, 9.17) is 26.2 Å². The van der Waals surface area contributed by atoms with Crippen molar-refractivity contribution < 1.29 is 19.1 Å². The molecule has 172 valence electrons. The molecule has 1 atom stereocenters. The minimum Gasteiger partial charge on any atom is -0.497 e. The fraction of sp³-hybridized carbons (Fsp3) is 0.320. The number of halogens is 1. The number of likely N-dealkylation sites (tertiary alicyclic amines) is 1. The predicted octanol–water partition coefficient (Wildman–Crippen LogP) is 4.62. The van der Waals surface area contributed by atoms with E-state index < -0.39 is 0 Å². The number of nitrogens with zero attached hydrogens (tertiary/aromatic N) is 3. The van der Waals surface area contributed by atoms with Crippen LogP contribution in [0.25, 0.3) is 16.9 Å². The molecule has 2 aromatic carbocycles. The van der Waals surface area contributed by atoms with Gasteiger partial charge in [-0.15, -0.1) is 0 Å². The quantitative estimate of drug-likeness (QED) is 0.495. The molecule has 7 nitrogen and oxygen atoms in total. The van der Waals surface area contributed by atoms with E-state index in [1.165, 1.54) is 0 Å². The molecule has 0 spiro atoms. The number of hydrogen-bond acceptors (Lipinski definition) is 5. The largest absolute Gasteiger partial charge is 0.497 e. The van der Waals surface area contributed by atoms with Gasteiger partial charge in [-0.1, -0.05) is 23.7 Å². The molecule has 1 amide bonds. The van der Waals surface area contributed by atoms with Crippen LogP contribution in [0.2, 0.25) is 5.02 Å². The number of carbonyl (C=O) groups excluding carboxylic acids is 2. The molecule has 0 saturated carbocycles. The first-order valence-electron chi connectivity index (χ1n) is 11.0. The summed E-state index contributed by atoms with van der Waals surface area (Å²) in [5.41, 5.74) is 2.61. The number of ether oxygens (including phenoxy) is 2. The molecule has 1 fully saturated rings. The van der Waals surface area contributed by atoms with E-state index in [0.29, 0.717) is 48.3 Å². The van der Waals surface area contributed by atoms with Gasteiger partial charge in [-0.2, -0.15) is 5.10 Å². The Labute approximate surface area is 197 Å². The second-order valence-corrected chi connectivity index (χ2v) is 8.31. The minimum atomic E-state index is -0.313. The van der Waals surface area contributed by atoms with E-state index in [9.17, 15) is 9.59 Å². The Kier molecular flexibility index (Phi) is 6.99. The number of esters is 1. The second kappa shape index (κ2) is 10.1. The highest BCUT2D eigenvalue weighted by molar-refractivity contribution is 6.30. The molecule has 3 aromatic rings. The monoisotopic (exact) mass is 467 g/mol. The standard InChI is InChI=1S/C25H26ClN3O4/c1-3-33-25(31)18-7-5-13-28(16-18)24(30)23-15-22(17-6-4-8-21(14-17)32-2)27-29(23)20-11-9-19(26)10-12-20/h4,6,8-12,14-15,18H,3,5,7,13,16H2,1-2H3. The number of amides is 1. The molecule has 1 aliphatic rings. The van der Waals surface area contributed by atoms with Gasteiger partial charge in [0.1, 0.15) is 11.4 Å². The number of rotatable bonds is 6. The number of methoxy groups -OCH3 is 1. The zero-order valence-corrected chi connectivity index (χ0v) is 19.4. The summed E-state index contributed by atoms with van der Waals surface area (Å²) in [6, 6.07) is 16.5. The van der Waals surface area contributed by atoms with Gasteiger partial charge in [0.15, 0.2) is 0 Å².